The molecule has 4 nitrogen and oxygen atoms in total. The predicted octanol–water partition coefficient (Wildman–Crippen LogP) is 3.69. The number of rotatable bonds is 4. The third-order valence-electron chi connectivity index (χ3n) is 4.84. The van der Waals surface area contributed by atoms with Gasteiger partial charge in [0.25, 0.3) is 5.91 Å². The van der Waals surface area contributed by atoms with E-state index in [1.54, 1.807) is 11.7 Å². The molecule has 1 aliphatic heterocycles. The second kappa shape index (κ2) is 7.81. The van der Waals surface area contributed by atoms with Crippen LogP contribution < -0.4 is 0 Å². The number of hydrogen-bond acceptors (Lipinski definition) is 4. The molecule has 1 saturated heterocycles. The number of aromatic nitrogens is 1. The van der Waals surface area contributed by atoms with E-state index in [0.29, 0.717) is 0 Å². The Bertz CT molecular complexity index is 789. The van der Waals surface area contributed by atoms with Crippen LogP contribution in [0.15, 0.2) is 72.4 Å². The van der Waals surface area contributed by atoms with Gasteiger partial charge >= 0.3 is 0 Å². The zero-order chi connectivity index (χ0) is 17.8. The van der Waals surface area contributed by atoms with E-state index in [-0.39, 0.29) is 11.9 Å². The second-order valence-electron chi connectivity index (χ2n) is 6.42. The molecule has 1 fully saturated rings. The fraction of sp³-hybridized carbons (Fsp3) is 0.238. The van der Waals surface area contributed by atoms with E-state index >= 15 is 0 Å². The molecule has 0 aliphatic carbocycles. The molecule has 4 rings (SSSR count). The molecule has 2 aromatic carbocycles. The SMILES string of the molecule is O=C(c1cncs1)N1CCN(C(c2ccccc2)c2ccccc2)CC1. The molecule has 1 aliphatic rings. The van der Waals surface area contributed by atoms with Gasteiger partial charge in [-0.25, -0.2) is 0 Å². The lowest BCUT2D eigenvalue weighted by Crippen LogP contribution is -2.49. The summed E-state index contributed by atoms with van der Waals surface area (Å²) < 4.78 is 0. The van der Waals surface area contributed by atoms with Crippen LogP contribution >= 0.6 is 11.3 Å². The molecule has 0 atom stereocenters. The standard InChI is InChI=1S/C21H21N3OS/c25-21(19-15-22-16-26-19)24-13-11-23(12-14-24)20(17-7-3-1-4-8-17)18-9-5-2-6-10-18/h1-10,15-16,20H,11-14H2. The molecule has 132 valence electrons. The Balaban J connectivity index is 1.52. The average molecular weight is 363 g/mol. The largest absolute Gasteiger partial charge is 0.335 e. The van der Waals surface area contributed by atoms with Crippen molar-refractivity contribution >= 4 is 17.2 Å². The van der Waals surface area contributed by atoms with E-state index < -0.39 is 0 Å². The maximum Gasteiger partial charge on any atom is 0.265 e. The summed E-state index contributed by atoms with van der Waals surface area (Å²) in [5.74, 6) is 0.100. The summed E-state index contributed by atoms with van der Waals surface area (Å²) in [4.78, 5) is 21.7. The van der Waals surface area contributed by atoms with Crippen molar-refractivity contribution in [3.05, 3.63) is 88.4 Å². The van der Waals surface area contributed by atoms with Gasteiger partial charge in [0.05, 0.1) is 17.7 Å². The van der Waals surface area contributed by atoms with Crippen LogP contribution in [0.2, 0.25) is 0 Å². The second-order valence-corrected chi connectivity index (χ2v) is 7.30. The maximum atomic E-state index is 12.6. The Morgan fingerprint density at radius 1 is 0.885 bits per heavy atom. The maximum absolute atomic E-state index is 12.6. The monoisotopic (exact) mass is 363 g/mol. The third kappa shape index (κ3) is 3.54. The molecule has 0 unspecified atom stereocenters. The Morgan fingerprint density at radius 3 is 1.96 bits per heavy atom. The van der Waals surface area contributed by atoms with Gasteiger partial charge in [0.2, 0.25) is 0 Å². The fourth-order valence-electron chi connectivity index (χ4n) is 3.55. The molecular weight excluding hydrogens is 342 g/mol. The van der Waals surface area contributed by atoms with Gasteiger partial charge in [0.15, 0.2) is 0 Å². The number of piperazine rings is 1. The van der Waals surface area contributed by atoms with Gasteiger partial charge in [-0.05, 0) is 11.1 Å². The Kier molecular flexibility index (Phi) is 5.09. The first-order chi connectivity index (χ1) is 12.8. The highest BCUT2D eigenvalue weighted by molar-refractivity contribution is 7.11. The molecule has 2 heterocycles. The molecule has 3 aromatic rings. The molecule has 0 N–H and O–H groups in total. The van der Waals surface area contributed by atoms with Gasteiger partial charge in [0.1, 0.15) is 4.88 Å². The molecule has 0 spiro atoms. The first-order valence-corrected chi connectivity index (χ1v) is 9.72. The quantitative estimate of drug-likeness (QED) is 0.709. The van der Waals surface area contributed by atoms with Crippen molar-refractivity contribution in [3.63, 3.8) is 0 Å². The molecule has 1 amide bonds. The molecular formula is C21H21N3OS. The minimum Gasteiger partial charge on any atom is -0.335 e. The van der Waals surface area contributed by atoms with Crippen molar-refractivity contribution in [2.45, 2.75) is 6.04 Å². The number of hydrogen-bond donors (Lipinski definition) is 0. The van der Waals surface area contributed by atoms with Crippen LogP contribution in [0.1, 0.15) is 26.8 Å². The highest BCUT2D eigenvalue weighted by atomic mass is 32.1. The van der Waals surface area contributed by atoms with Crippen LogP contribution in [0.5, 0.6) is 0 Å². The lowest BCUT2D eigenvalue weighted by Gasteiger charge is -2.39. The van der Waals surface area contributed by atoms with Gasteiger partial charge in [-0.1, -0.05) is 60.7 Å². The van der Waals surface area contributed by atoms with Crippen molar-refractivity contribution in [1.82, 2.24) is 14.8 Å². The first kappa shape index (κ1) is 16.9. The first-order valence-electron chi connectivity index (χ1n) is 8.84. The zero-order valence-electron chi connectivity index (χ0n) is 14.5. The van der Waals surface area contributed by atoms with Gasteiger partial charge in [0, 0.05) is 26.2 Å². The molecule has 26 heavy (non-hydrogen) atoms. The smallest absolute Gasteiger partial charge is 0.265 e. The normalized spacial score (nSPS) is 15.3. The Morgan fingerprint density at radius 2 is 1.46 bits per heavy atom. The summed E-state index contributed by atoms with van der Waals surface area (Å²) in [6, 6.07) is 21.4. The zero-order valence-corrected chi connectivity index (χ0v) is 15.3. The van der Waals surface area contributed by atoms with Crippen LogP contribution in [0.25, 0.3) is 0 Å². The highest BCUT2D eigenvalue weighted by Gasteiger charge is 2.28. The number of amides is 1. The Hall–Kier alpha value is -2.50. The average Bonchev–Trinajstić information content (AvgIpc) is 3.25. The summed E-state index contributed by atoms with van der Waals surface area (Å²) in [7, 11) is 0. The van der Waals surface area contributed by atoms with Gasteiger partial charge in [-0.2, -0.15) is 0 Å². The molecule has 0 radical (unpaired) electrons. The topological polar surface area (TPSA) is 36.4 Å². The highest BCUT2D eigenvalue weighted by Crippen LogP contribution is 2.29. The van der Waals surface area contributed by atoms with Gasteiger partial charge < -0.3 is 4.90 Å². The summed E-state index contributed by atoms with van der Waals surface area (Å²) in [5, 5.41) is 0. The van der Waals surface area contributed by atoms with E-state index in [1.165, 1.54) is 22.5 Å². The number of thiazole rings is 1. The van der Waals surface area contributed by atoms with Crippen molar-refractivity contribution < 1.29 is 4.79 Å². The van der Waals surface area contributed by atoms with Crippen LogP contribution in [0.4, 0.5) is 0 Å². The fourth-order valence-corrected chi connectivity index (χ4v) is 4.13. The third-order valence-corrected chi connectivity index (χ3v) is 5.60. The minimum atomic E-state index is 0.100. The molecule has 0 saturated carbocycles. The summed E-state index contributed by atoms with van der Waals surface area (Å²) in [6.07, 6.45) is 1.66. The van der Waals surface area contributed by atoms with Crippen molar-refractivity contribution in [3.8, 4) is 0 Å². The van der Waals surface area contributed by atoms with E-state index in [0.717, 1.165) is 31.1 Å². The van der Waals surface area contributed by atoms with Gasteiger partial charge in [-0.3, -0.25) is 14.7 Å². The van der Waals surface area contributed by atoms with Crippen molar-refractivity contribution in [1.29, 1.82) is 0 Å². The van der Waals surface area contributed by atoms with Crippen LogP contribution in [0, 0.1) is 0 Å². The van der Waals surface area contributed by atoms with E-state index in [9.17, 15) is 4.79 Å². The summed E-state index contributed by atoms with van der Waals surface area (Å²) in [6.45, 7) is 3.21. The van der Waals surface area contributed by atoms with E-state index in [4.69, 9.17) is 0 Å². The number of carbonyl (C=O) groups excluding carboxylic acids is 1. The molecule has 5 heteroatoms. The van der Waals surface area contributed by atoms with Gasteiger partial charge in [-0.15, -0.1) is 11.3 Å². The lowest BCUT2D eigenvalue weighted by molar-refractivity contribution is 0.0602. The minimum absolute atomic E-state index is 0.100. The number of nitrogens with zero attached hydrogens (tertiary/aromatic N) is 3. The predicted molar refractivity (Wildman–Crippen MR) is 104 cm³/mol. The molecule has 0 bridgehead atoms. The van der Waals surface area contributed by atoms with E-state index in [1.807, 2.05) is 4.90 Å². The van der Waals surface area contributed by atoms with Crippen molar-refractivity contribution in [2.24, 2.45) is 0 Å². The molecule has 1 aromatic heterocycles. The number of benzene rings is 2. The van der Waals surface area contributed by atoms with Crippen LogP contribution in [-0.4, -0.2) is 46.9 Å². The van der Waals surface area contributed by atoms with Crippen LogP contribution in [-0.2, 0) is 0 Å². The van der Waals surface area contributed by atoms with Crippen LogP contribution in [0.3, 0.4) is 0 Å². The summed E-state index contributed by atoms with van der Waals surface area (Å²) >= 11 is 1.41. The Labute approximate surface area is 157 Å². The number of carbonyl (C=O) groups is 1. The summed E-state index contributed by atoms with van der Waals surface area (Å²) in [5.41, 5.74) is 4.30. The van der Waals surface area contributed by atoms with Crippen molar-refractivity contribution in [2.75, 3.05) is 26.2 Å². The van der Waals surface area contributed by atoms with E-state index in [2.05, 4.69) is 70.5 Å². The lowest BCUT2D eigenvalue weighted by atomic mass is 9.96.